The van der Waals surface area contributed by atoms with Crippen molar-refractivity contribution in [3.8, 4) is 0 Å². The lowest BCUT2D eigenvalue weighted by atomic mass is 10.4. The number of sulfone groups is 1. The predicted octanol–water partition coefficient (Wildman–Crippen LogP) is 2.69. The van der Waals surface area contributed by atoms with E-state index in [1.54, 1.807) is 0 Å². The number of alkyl halides is 3. The number of hydrogen-bond acceptors (Lipinski definition) is 3. The standard InChI is InChI=1S/C9H7Cl2F3O3S/c10-6-2-1-5(3-7(6)11)18(16,17)4-8(15)9(12,13)14/h1-3,8,15H,4H2. The minimum absolute atomic E-state index is 0.0759. The average molecular weight is 323 g/mol. The summed E-state index contributed by atoms with van der Waals surface area (Å²) in [6.07, 6.45) is -7.94. The maximum Gasteiger partial charge on any atom is 0.415 e. The fraction of sp³-hybridized carbons (Fsp3) is 0.333. The van der Waals surface area contributed by atoms with Gasteiger partial charge in [-0.1, -0.05) is 23.2 Å². The molecule has 3 nitrogen and oxygen atoms in total. The van der Waals surface area contributed by atoms with Gasteiger partial charge in [-0.3, -0.25) is 0 Å². The van der Waals surface area contributed by atoms with Gasteiger partial charge >= 0.3 is 6.18 Å². The quantitative estimate of drug-likeness (QED) is 0.930. The van der Waals surface area contributed by atoms with Crippen LogP contribution in [0.5, 0.6) is 0 Å². The van der Waals surface area contributed by atoms with Crippen LogP contribution in [0.2, 0.25) is 10.0 Å². The van der Waals surface area contributed by atoms with Crippen molar-refractivity contribution >= 4 is 33.0 Å². The van der Waals surface area contributed by atoms with E-state index in [-0.39, 0.29) is 10.0 Å². The van der Waals surface area contributed by atoms with Crippen molar-refractivity contribution in [3.63, 3.8) is 0 Å². The summed E-state index contributed by atoms with van der Waals surface area (Å²) in [4.78, 5) is -0.430. The molecule has 0 radical (unpaired) electrons. The zero-order valence-corrected chi connectivity index (χ0v) is 10.9. The van der Waals surface area contributed by atoms with E-state index in [1.165, 1.54) is 0 Å². The molecule has 0 heterocycles. The number of halogens is 5. The molecule has 0 aliphatic heterocycles. The lowest BCUT2D eigenvalue weighted by molar-refractivity contribution is -0.196. The third-order valence-corrected chi connectivity index (χ3v) is 4.47. The lowest BCUT2D eigenvalue weighted by Crippen LogP contribution is -2.35. The van der Waals surface area contributed by atoms with Crippen LogP contribution in [0.15, 0.2) is 23.1 Å². The Morgan fingerprint density at radius 1 is 1.22 bits per heavy atom. The summed E-state index contributed by atoms with van der Waals surface area (Å²) >= 11 is 11.1. The van der Waals surface area contributed by atoms with Crippen molar-refractivity contribution in [1.82, 2.24) is 0 Å². The topological polar surface area (TPSA) is 54.4 Å². The Balaban J connectivity index is 3.04. The largest absolute Gasteiger partial charge is 0.415 e. The first-order valence-electron chi connectivity index (χ1n) is 4.46. The van der Waals surface area contributed by atoms with Crippen LogP contribution in [0.25, 0.3) is 0 Å². The smallest absolute Gasteiger partial charge is 0.383 e. The van der Waals surface area contributed by atoms with E-state index < -0.39 is 32.8 Å². The zero-order chi connectivity index (χ0) is 14.1. The molecular weight excluding hydrogens is 316 g/mol. The highest BCUT2D eigenvalue weighted by Crippen LogP contribution is 2.27. The molecule has 1 aromatic rings. The Kier molecular flexibility index (Phi) is 4.53. The number of benzene rings is 1. The Morgan fingerprint density at radius 3 is 2.22 bits per heavy atom. The van der Waals surface area contributed by atoms with Gasteiger partial charge in [-0.15, -0.1) is 0 Å². The molecule has 1 atom stereocenters. The van der Waals surface area contributed by atoms with E-state index in [0.717, 1.165) is 18.2 Å². The van der Waals surface area contributed by atoms with Crippen LogP contribution in [0.1, 0.15) is 0 Å². The first-order chi connectivity index (χ1) is 8.04. The van der Waals surface area contributed by atoms with Crippen molar-refractivity contribution in [1.29, 1.82) is 0 Å². The summed E-state index contributed by atoms with van der Waals surface area (Å²) in [6, 6.07) is 3.10. The third-order valence-electron chi connectivity index (χ3n) is 2.01. The van der Waals surface area contributed by atoms with Gasteiger partial charge in [-0.25, -0.2) is 8.42 Å². The van der Waals surface area contributed by atoms with Gasteiger partial charge in [0, 0.05) is 0 Å². The molecule has 18 heavy (non-hydrogen) atoms. The molecule has 0 fully saturated rings. The number of rotatable bonds is 3. The number of hydrogen-bond donors (Lipinski definition) is 1. The second-order valence-corrected chi connectivity index (χ2v) is 6.26. The molecule has 0 aromatic heterocycles. The van der Waals surface area contributed by atoms with Gasteiger partial charge in [0.1, 0.15) is 0 Å². The summed E-state index contributed by atoms with van der Waals surface area (Å²) in [5.74, 6) is -1.46. The monoisotopic (exact) mass is 322 g/mol. The molecule has 1 aromatic carbocycles. The normalized spacial score (nSPS) is 14.6. The Labute approximate surface area is 111 Å². The summed E-state index contributed by atoms with van der Waals surface area (Å²) in [6.45, 7) is 0. The lowest BCUT2D eigenvalue weighted by Gasteiger charge is -2.14. The van der Waals surface area contributed by atoms with Crippen LogP contribution in [0.3, 0.4) is 0 Å². The van der Waals surface area contributed by atoms with Gasteiger partial charge in [0.2, 0.25) is 0 Å². The minimum Gasteiger partial charge on any atom is -0.383 e. The van der Waals surface area contributed by atoms with E-state index in [9.17, 15) is 21.6 Å². The van der Waals surface area contributed by atoms with Crippen LogP contribution in [-0.2, 0) is 9.84 Å². The van der Waals surface area contributed by atoms with Crippen molar-refractivity contribution in [3.05, 3.63) is 28.2 Å². The Morgan fingerprint density at radius 2 is 1.78 bits per heavy atom. The zero-order valence-electron chi connectivity index (χ0n) is 8.58. The molecule has 0 amide bonds. The van der Waals surface area contributed by atoms with Crippen LogP contribution in [0.4, 0.5) is 13.2 Å². The van der Waals surface area contributed by atoms with Crippen LogP contribution >= 0.6 is 23.2 Å². The Hall–Kier alpha value is -0.500. The van der Waals surface area contributed by atoms with Crippen molar-refractivity contribution in [2.75, 3.05) is 5.75 Å². The highest BCUT2D eigenvalue weighted by Gasteiger charge is 2.41. The number of aliphatic hydroxyl groups excluding tert-OH is 1. The van der Waals surface area contributed by atoms with Gasteiger partial charge in [0.25, 0.3) is 0 Å². The van der Waals surface area contributed by atoms with Gasteiger partial charge < -0.3 is 5.11 Å². The fourth-order valence-corrected chi connectivity index (χ4v) is 2.80. The number of aliphatic hydroxyl groups is 1. The first-order valence-corrected chi connectivity index (χ1v) is 6.87. The van der Waals surface area contributed by atoms with E-state index in [2.05, 4.69) is 0 Å². The van der Waals surface area contributed by atoms with E-state index >= 15 is 0 Å². The van der Waals surface area contributed by atoms with Crippen LogP contribution < -0.4 is 0 Å². The molecule has 9 heteroatoms. The molecule has 1 unspecified atom stereocenters. The van der Waals surface area contributed by atoms with Crippen LogP contribution in [-0.4, -0.2) is 31.6 Å². The summed E-state index contributed by atoms with van der Waals surface area (Å²) < 4.78 is 59.4. The van der Waals surface area contributed by atoms with E-state index in [4.69, 9.17) is 28.3 Å². The SMILES string of the molecule is O=S(=O)(CC(O)C(F)(F)F)c1ccc(Cl)c(Cl)c1. The van der Waals surface area contributed by atoms with Crippen molar-refractivity contribution < 1.29 is 26.7 Å². The molecule has 1 N–H and O–H groups in total. The van der Waals surface area contributed by atoms with Gasteiger partial charge in [0.05, 0.1) is 20.7 Å². The molecule has 0 saturated heterocycles. The van der Waals surface area contributed by atoms with Gasteiger partial charge in [0.15, 0.2) is 15.9 Å². The third kappa shape index (κ3) is 3.74. The molecule has 0 aliphatic carbocycles. The molecule has 0 spiro atoms. The highest BCUT2D eigenvalue weighted by atomic mass is 35.5. The minimum atomic E-state index is -5.00. The van der Waals surface area contributed by atoms with E-state index in [0.29, 0.717) is 0 Å². The molecule has 0 aliphatic rings. The maximum absolute atomic E-state index is 12.1. The maximum atomic E-state index is 12.1. The molecule has 102 valence electrons. The van der Waals surface area contributed by atoms with Crippen molar-refractivity contribution in [2.24, 2.45) is 0 Å². The average Bonchev–Trinajstić information content (AvgIpc) is 2.19. The highest BCUT2D eigenvalue weighted by molar-refractivity contribution is 7.91. The van der Waals surface area contributed by atoms with Gasteiger partial charge in [-0.05, 0) is 18.2 Å². The van der Waals surface area contributed by atoms with E-state index in [1.807, 2.05) is 0 Å². The van der Waals surface area contributed by atoms with Crippen molar-refractivity contribution in [2.45, 2.75) is 17.2 Å². The second-order valence-electron chi connectivity index (χ2n) is 3.41. The molecular formula is C9H7Cl2F3O3S. The fourth-order valence-electron chi connectivity index (χ4n) is 1.07. The molecule has 1 rings (SSSR count). The summed E-state index contributed by atoms with van der Waals surface area (Å²) in [7, 11) is -4.30. The Bertz CT molecular complexity index is 542. The molecule has 0 bridgehead atoms. The van der Waals surface area contributed by atoms with Gasteiger partial charge in [-0.2, -0.15) is 13.2 Å². The van der Waals surface area contributed by atoms with Crippen LogP contribution in [0, 0.1) is 0 Å². The predicted molar refractivity (Wildman–Crippen MR) is 60.6 cm³/mol. The molecule has 0 saturated carbocycles. The summed E-state index contributed by atoms with van der Waals surface area (Å²) in [5, 5.41) is 8.72. The second kappa shape index (κ2) is 5.24. The summed E-state index contributed by atoms with van der Waals surface area (Å²) in [5.41, 5.74) is 0. The first kappa shape index (κ1) is 15.6.